The summed E-state index contributed by atoms with van der Waals surface area (Å²) >= 11 is 0. The number of furan rings is 1. The summed E-state index contributed by atoms with van der Waals surface area (Å²) in [6.07, 6.45) is 2.78. The SMILES string of the molecule is C[C@@H]1C[C@@H](c2ccco2)O[Si]1(c1ccccc1)c1ccccc1. The van der Waals surface area contributed by atoms with Gasteiger partial charge in [-0.1, -0.05) is 67.6 Å². The van der Waals surface area contributed by atoms with E-state index in [1.807, 2.05) is 12.1 Å². The van der Waals surface area contributed by atoms with Crippen LogP contribution in [0.4, 0.5) is 0 Å². The molecule has 0 bridgehead atoms. The highest BCUT2D eigenvalue weighted by Gasteiger charge is 2.52. The van der Waals surface area contributed by atoms with Crippen LogP contribution in [-0.4, -0.2) is 8.32 Å². The first-order valence-corrected chi connectivity index (χ1v) is 10.1. The fourth-order valence-corrected chi connectivity index (χ4v) is 8.33. The molecule has 0 N–H and O–H groups in total. The zero-order valence-corrected chi connectivity index (χ0v) is 14.2. The topological polar surface area (TPSA) is 22.4 Å². The van der Waals surface area contributed by atoms with Gasteiger partial charge in [-0.25, -0.2) is 0 Å². The Morgan fingerprint density at radius 3 is 1.96 bits per heavy atom. The van der Waals surface area contributed by atoms with E-state index in [2.05, 4.69) is 67.6 Å². The van der Waals surface area contributed by atoms with Crippen LogP contribution in [0.2, 0.25) is 5.54 Å². The van der Waals surface area contributed by atoms with Crippen LogP contribution < -0.4 is 10.4 Å². The molecule has 1 aromatic heterocycles. The Bertz CT molecular complexity index is 713. The van der Waals surface area contributed by atoms with Gasteiger partial charge in [0.25, 0.3) is 8.32 Å². The summed E-state index contributed by atoms with van der Waals surface area (Å²) in [5, 5.41) is 2.68. The molecule has 0 unspecified atom stereocenters. The van der Waals surface area contributed by atoms with Crippen LogP contribution in [0.1, 0.15) is 25.2 Å². The van der Waals surface area contributed by atoms with E-state index < -0.39 is 8.32 Å². The predicted molar refractivity (Wildman–Crippen MR) is 94.5 cm³/mol. The minimum atomic E-state index is -2.27. The third-order valence-electron chi connectivity index (χ3n) is 4.86. The highest BCUT2D eigenvalue weighted by Crippen LogP contribution is 2.44. The molecular weight excluding hydrogens is 300 g/mol. The van der Waals surface area contributed by atoms with E-state index in [4.69, 9.17) is 8.84 Å². The lowest BCUT2D eigenvalue weighted by Crippen LogP contribution is -2.60. The summed E-state index contributed by atoms with van der Waals surface area (Å²) < 4.78 is 12.5. The molecule has 116 valence electrons. The van der Waals surface area contributed by atoms with Crippen LogP contribution in [0.3, 0.4) is 0 Å². The van der Waals surface area contributed by atoms with Crippen LogP contribution in [0.5, 0.6) is 0 Å². The van der Waals surface area contributed by atoms with Crippen LogP contribution in [0.25, 0.3) is 0 Å². The molecule has 0 saturated carbocycles. The number of benzene rings is 2. The van der Waals surface area contributed by atoms with Crippen molar-refractivity contribution < 1.29 is 8.84 Å². The molecule has 23 heavy (non-hydrogen) atoms. The van der Waals surface area contributed by atoms with Gasteiger partial charge in [0.2, 0.25) is 0 Å². The van der Waals surface area contributed by atoms with Gasteiger partial charge < -0.3 is 8.84 Å². The molecule has 0 aliphatic carbocycles. The van der Waals surface area contributed by atoms with Crippen molar-refractivity contribution in [1.82, 2.24) is 0 Å². The van der Waals surface area contributed by atoms with Gasteiger partial charge in [-0.15, -0.1) is 0 Å². The monoisotopic (exact) mass is 320 g/mol. The highest BCUT2D eigenvalue weighted by molar-refractivity contribution is 6.98. The average molecular weight is 320 g/mol. The second kappa shape index (κ2) is 5.83. The minimum absolute atomic E-state index is 0.0482. The Balaban J connectivity index is 1.84. The third-order valence-corrected chi connectivity index (χ3v) is 9.52. The van der Waals surface area contributed by atoms with Gasteiger partial charge in [0.15, 0.2) is 0 Å². The van der Waals surface area contributed by atoms with Crippen LogP contribution in [0, 0.1) is 0 Å². The van der Waals surface area contributed by atoms with E-state index in [-0.39, 0.29) is 6.10 Å². The molecule has 4 rings (SSSR count). The van der Waals surface area contributed by atoms with Crippen LogP contribution in [0.15, 0.2) is 83.5 Å². The van der Waals surface area contributed by atoms with Gasteiger partial charge in [0.05, 0.1) is 6.26 Å². The van der Waals surface area contributed by atoms with E-state index in [9.17, 15) is 0 Å². The largest absolute Gasteiger partial charge is 0.467 e. The Morgan fingerprint density at radius 2 is 1.43 bits per heavy atom. The molecule has 3 heteroatoms. The molecule has 0 spiro atoms. The molecule has 1 aliphatic rings. The van der Waals surface area contributed by atoms with Crippen molar-refractivity contribution in [2.45, 2.75) is 25.0 Å². The molecular formula is C20H20O2Si. The molecule has 2 aromatic carbocycles. The predicted octanol–water partition coefficient (Wildman–Crippen LogP) is 3.89. The molecule has 1 fully saturated rings. The van der Waals surface area contributed by atoms with Gasteiger partial charge in [0, 0.05) is 0 Å². The maximum absolute atomic E-state index is 6.82. The fourth-order valence-electron chi connectivity index (χ4n) is 3.77. The Morgan fingerprint density at radius 1 is 0.826 bits per heavy atom. The highest BCUT2D eigenvalue weighted by atomic mass is 28.4. The molecule has 3 aromatic rings. The van der Waals surface area contributed by atoms with Gasteiger partial charge in [0.1, 0.15) is 11.9 Å². The summed E-state index contributed by atoms with van der Waals surface area (Å²) in [6, 6.07) is 25.5. The second-order valence-corrected chi connectivity index (χ2v) is 10.1. The molecule has 1 aliphatic heterocycles. The van der Waals surface area contributed by atoms with Crippen LogP contribution >= 0.6 is 0 Å². The van der Waals surface area contributed by atoms with Gasteiger partial charge in [-0.05, 0) is 34.5 Å². The quantitative estimate of drug-likeness (QED) is 0.683. The number of hydrogen-bond donors (Lipinski definition) is 0. The molecule has 1 saturated heterocycles. The fraction of sp³-hybridized carbons (Fsp3) is 0.200. The van der Waals surface area contributed by atoms with E-state index >= 15 is 0 Å². The summed E-state index contributed by atoms with van der Waals surface area (Å²) in [6.45, 7) is 2.33. The van der Waals surface area contributed by atoms with Crippen LogP contribution in [-0.2, 0) is 4.43 Å². The summed E-state index contributed by atoms with van der Waals surface area (Å²) in [5.74, 6) is 0.943. The van der Waals surface area contributed by atoms with Gasteiger partial charge in [-0.3, -0.25) is 0 Å². The number of hydrogen-bond acceptors (Lipinski definition) is 2. The second-order valence-electron chi connectivity index (χ2n) is 6.23. The summed E-state index contributed by atoms with van der Waals surface area (Å²) in [4.78, 5) is 0. The standard InChI is InChI=1S/C20H20O2Si/c1-16-15-20(19-13-8-14-21-19)22-23(16,17-9-4-2-5-10-17)18-11-6-3-7-12-18/h2-14,16,20H,15H2,1H3/t16-,20+/m1/s1. The third kappa shape index (κ3) is 2.37. The van der Waals surface area contributed by atoms with E-state index in [1.54, 1.807) is 6.26 Å². The molecule has 2 heterocycles. The summed E-state index contributed by atoms with van der Waals surface area (Å²) in [7, 11) is -2.27. The lowest BCUT2D eigenvalue weighted by molar-refractivity contribution is 0.199. The van der Waals surface area contributed by atoms with E-state index in [1.165, 1.54) is 10.4 Å². The lowest BCUT2D eigenvalue weighted by atomic mass is 10.1. The molecule has 0 amide bonds. The van der Waals surface area contributed by atoms with Crippen molar-refractivity contribution >= 4 is 18.7 Å². The smallest absolute Gasteiger partial charge is 0.259 e. The van der Waals surface area contributed by atoms with E-state index in [0.717, 1.165) is 12.2 Å². The van der Waals surface area contributed by atoms with Crippen molar-refractivity contribution in [2.24, 2.45) is 0 Å². The Labute approximate surface area is 137 Å². The minimum Gasteiger partial charge on any atom is -0.467 e. The van der Waals surface area contributed by atoms with Gasteiger partial charge in [-0.2, -0.15) is 0 Å². The first-order chi connectivity index (χ1) is 11.3. The first-order valence-electron chi connectivity index (χ1n) is 8.13. The maximum atomic E-state index is 6.82. The van der Waals surface area contributed by atoms with Crippen molar-refractivity contribution in [2.75, 3.05) is 0 Å². The maximum Gasteiger partial charge on any atom is 0.259 e. The van der Waals surface area contributed by atoms with Crippen molar-refractivity contribution in [1.29, 1.82) is 0 Å². The molecule has 0 radical (unpaired) electrons. The molecule has 2 nitrogen and oxygen atoms in total. The number of rotatable bonds is 3. The Kier molecular flexibility index (Phi) is 3.67. The zero-order valence-electron chi connectivity index (χ0n) is 13.2. The average Bonchev–Trinajstić information content (AvgIpc) is 3.25. The lowest BCUT2D eigenvalue weighted by Gasteiger charge is -2.31. The zero-order chi connectivity index (χ0) is 15.7. The Hall–Kier alpha value is -2.10. The summed E-state index contributed by atoms with van der Waals surface area (Å²) in [5.41, 5.74) is 0.488. The van der Waals surface area contributed by atoms with Crippen molar-refractivity contribution in [3.05, 3.63) is 84.8 Å². The van der Waals surface area contributed by atoms with Gasteiger partial charge >= 0.3 is 0 Å². The van der Waals surface area contributed by atoms with Crippen molar-refractivity contribution in [3.63, 3.8) is 0 Å². The van der Waals surface area contributed by atoms with Crippen molar-refractivity contribution in [3.8, 4) is 0 Å². The first kappa shape index (κ1) is 14.5. The molecule has 2 atom stereocenters. The normalized spacial score (nSPS) is 23.0. The van der Waals surface area contributed by atoms with E-state index in [0.29, 0.717) is 5.54 Å².